The molecule has 0 aliphatic carbocycles. The number of hydrogen-bond donors (Lipinski definition) is 1. The molecule has 0 saturated heterocycles. The quantitative estimate of drug-likeness (QED) is 0.521. The summed E-state index contributed by atoms with van der Waals surface area (Å²) < 4.78 is 2.10. The highest BCUT2D eigenvalue weighted by Gasteiger charge is 2.14. The molecule has 0 amide bonds. The van der Waals surface area contributed by atoms with Gasteiger partial charge in [0, 0.05) is 36.7 Å². The molecule has 148 valence electrons. The van der Waals surface area contributed by atoms with E-state index in [1.54, 1.807) is 18.6 Å². The maximum Gasteiger partial charge on any atom is 0.229 e. The zero-order valence-corrected chi connectivity index (χ0v) is 17.0. The lowest BCUT2D eigenvalue weighted by Gasteiger charge is -2.10. The second-order valence-electron chi connectivity index (χ2n) is 7.19. The van der Waals surface area contributed by atoms with Crippen LogP contribution in [0.3, 0.4) is 0 Å². The first-order valence-electron chi connectivity index (χ1n) is 9.78. The molecule has 4 aromatic rings. The monoisotopic (exact) mass is 387 g/mol. The standard InChI is InChI=1S/C22H25N7/c1-4-29-20(17-9-12-23-13-10-17)26-19-15-24-22(27-21(19)29)25-18-7-5-16(6-8-18)11-14-28(2)3/h5-10,12-13,15H,4,11,14H2,1-3H3,(H,24,25,27). The molecule has 0 saturated carbocycles. The van der Waals surface area contributed by atoms with Crippen LogP contribution in [0.4, 0.5) is 11.6 Å². The van der Waals surface area contributed by atoms with Crippen molar-refractivity contribution in [2.75, 3.05) is 26.0 Å². The van der Waals surface area contributed by atoms with Gasteiger partial charge in [0.25, 0.3) is 0 Å². The lowest BCUT2D eigenvalue weighted by Crippen LogP contribution is -2.14. The Morgan fingerprint density at radius 1 is 1.00 bits per heavy atom. The molecule has 0 radical (unpaired) electrons. The molecule has 0 bridgehead atoms. The van der Waals surface area contributed by atoms with Gasteiger partial charge in [-0.3, -0.25) is 4.98 Å². The Morgan fingerprint density at radius 2 is 1.76 bits per heavy atom. The molecule has 4 rings (SSSR count). The van der Waals surface area contributed by atoms with Crippen molar-refractivity contribution in [1.29, 1.82) is 0 Å². The highest BCUT2D eigenvalue weighted by molar-refractivity contribution is 5.77. The van der Waals surface area contributed by atoms with E-state index in [1.807, 2.05) is 12.1 Å². The fourth-order valence-corrected chi connectivity index (χ4v) is 3.24. The molecule has 1 N–H and O–H groups in total. The first-order chi connectivity index (χ1) is 14.1. The van der Waals surface area contributed by atoms with Crippen LogP contribution in [0.5, 0.6) is 0 Å². The van der Waals surface area contributed by atoms with E-state index in [2.05, 4.69) is 70.0 Å². The molecule has 0 spiro atoms. The number of aromatic nitrogens is 5. The van der Waals surface area contributed by atoms with Crippen LogP contribution in [0.2, 0.25) is 0 Å². The van der Waals surface area contributed by atoms with Gasteiger partial charge in [0.15, 0.2) is 5.65 Å². The Balaban J connectivity index is 1.59. The lowest BCUT2D eigenvalue weighted by atomic mass is 10.1. The molecule has 7 nitrogen and oxygen atoms in total. The lowest BCUT2D eigenvalue weighted by molar-refractivity contribution is 0.413. The summed E-state index contributed by atoms with van der Waals surface area (Å²) >= 11 is 0. The average Bonchev–Trinajstić information content (AvgIpc) is 3.12. The summed E-state index contributed by atoms with van der Waals surface area (Å²) in [6.45, 7) is 3.89. The van der Waals surface area contributed by atoms with Crippen molar-refractivity contribution in [2.24, 2.45) is 0 Å². The number of hydrogen-bond acceptors (Lipinski definition) is 6. The molecular weight excluding hydrogens is 362 g/mol. The topological polar surface area (TPSA) is 71.8 Å². The van der Waals surface area contributed by atoms with Crippen LogP contribution in [0.1, 0.15) is 12.5 Å². The molecule has 3 aromatic heterocycles. The molecule has 0 unspecified atom stereocenters. The SMILES string of the molecule is CCn1c(-c2ccncc2)nc2cnc(Nc3ccc(CCN(C)C)cc3)nc21. The first-order valence-corrected chi connectivity index (χ1v) is 9.78. The summed E-state index contributed by atoms with van der Waals surface area (Å²) in [6.07, 6.45) is 6.35. The van der Waals surface area contributed by atoms with Gasteiger partial charge in [0.05, 0.1) is 6.20 Å². The predicted molar refractivity (Wildman–Crippen MR) is 116 cm³/mol. The maximum absolute atomic E-state index is 4.73. The zero-order chi connectivity index (χ0) is 20.2. The number of likely N-dealkylation sites (N-methyl/N-ethyl adjacent to an activating group) is 1. The number of nitrogens with one attached hydrogen (secondary N) is 1. The maximum atomic E-state index is 4.73. The summed E-state index contributed by atoms with van der Waals surface area (Å²) in [5.41, 5.74) is 4.90. The number of aryl methyl sites for hydroxylation is 1. The van der Waals surface area contributed by atoms with Crippen LogP contribution in [0.25, 0.3) is 22.6 Å². The number of anilines is 2. The van der Waals surface area contributed by atoms with Crippen molar-refractivity contribution in [3.8, 4) is 11.4 Å². The van der Waals surface area contributed by atoms with Crippen LogP contribution in [0, 0.1) is 0 Å². The van der Waals surface area contributed by atoms with Gasteiger partial charge < -0.3 is 14.8 Å². The number of nitrogens with zero attached hydrogens (tertiary/aromatic N) is 6. The number of rotatable bonds is 7. The number of fused-ring (bicyclic) bond motifs is 1. The molecular formula is C22H25N7. The Kier molecular flexibility index (Phi) is 5.48. The summed E-state index contributed by atoms with van der Waals surface area (Å²) in [5, 5.41) is 3.30. The Bertz CT molecular complexity index is 1090. The molecule has 3 heterocycles. The van der Waals surface area contributed by atoms with E-state index in [9.17, 15) is 0 Å². The highest BCUT2D eigenvalue weighted by atomic mass is 15.2. The van der Waals surface area contributed by atoms with E-state index in [-0.39, 0.29) is 0 Å². The van der Waals surface area contributed by atoms with Gasteiger partial charge in [-0.2, -0.15) is 4.98 Å². The fourth-order valence-electron chi connectivity index (χ4n) is 3.24. The third-order valence-electron chi connectivity index (χ3n) is 4.80. The highest BCUT2D eigenvalue weighted by Crippen LogP contribution is 2.24. The molecule has 7 heteroatoms. The summed E-state index contributed by atoms with van der Waals surface area (Å²) in [7, 11) is 4.18. The van der Waals surface area contributed by atoms with Gasteiger partial charge in [-0.05, 0) is 57.3 Å². The van der Waals surface area contributed by atoms with Crippen molar-refractivity contribution in [1.82, 2.24) is 29.4 Å². The minimum atomic E-state index is 0.564. The van der Waals surface area contributed by atoms with Gasteiger partial charge in [-0.15, -0.1) is 0 Å². The van der Waals surface area contributed by atoms with Crippen LogP contribution < -0.4 is 5.32 Å². The molecule has 0 aliphatic heterocycles. The van der Waals surface area contributed by atoms with Gasteiger partial charge >= 0.3 is 0 Å². The van der Waals surface area contributed by atoms with Crippen LogP contribution in [-0.4, -0.2) is 50.0 Å². The van der Waals surface area contributed by atoms with Gasteiger partial charge in [-0.1, -0.05) is 12.1 Å². The number of pyridine rings is 1. The van der Waals surface area contributed by atoms with Crippen LogP contribution in [-0.2, 0) is 13.0 Å². The van der Waals surface area contributed by atoms with Crippen molar-refractivity contribution in [3.05, 3.63) is 60.6 Å². The zero-order valence-electron chi connectivity index (χ0n) is 17.0. The van der Waals surface area contributed by atoms with Crippen molar-refractivity contribution >= 4 is 22.8 Å². The number of benzene rings is 1. The van der Waals surface area contributed by atoms with Crippen LogP contribution in [0.15, 0.2) is 55.0 Å². The molecule has 0 atom stereocenters. The predicted octanol–water partition coefficient (Wildman–Crippen LogP) is 3.76. The number of imidazole rings is 1. The third kappa shape index (κ3) is 4.25. The summed E-state index contributed by atoms with van der Waals surface area (Å²) in [6, 6.07) is 12.3. The Labute approximate surface area is 170 Å². The van der Waals surface area contributed by atoms with Crippen molar-refractivity contribution < 1.29 is 0 Å². The van der Waals surface area contributed by atoms with Gasteiger partial charge in [0.1, 0.15) is 11.3 Å². The molecule has 0 fully saturated rings. The van der Waals surface area contributed by atoms with Gasteiger partial charge in [0.2, 0.25) is 5.95 Å². The molecule has 1 aromatic carbocycles. The van der Waals surface area contributed by atoms with E-state index in [0.717, 1.165) is 47.7 Å². The third-order valence-corrected chi connectivity index (χ3v) is 4.80. The summed E-state index contributed by atoms with van der Waals surface area (Å²) in [5.74, 6) is 1.44. The van der Waals surface area contributed by atoms with Crippen molar-refractivity contribution in [2.45, 2.75) is 19.9 Å². The van der Waals surface area contributed by atoms with Gasteiger partial charge in [-0.25, -0.2) is 9.97 Å². The second kappa shape index (κ2) is 8.36. The average molecular weight is 387 g/mol. The minimum absolute atomic E-state index is 0.564. The van der Waals surface area contributed by atoms with E-state index in [4.69, 9.17) is 9.97 Å². The molecule has 29 heavy (non-hydrogen) atoms. The van der Waals surface area contributed by atoms with E-state index < -0.39 is 0 Å². The first kappa shape index (κ1) is 19.0. The largest absolute Gasteiger partial charge is 0.324 e. The summed E-state index contributed by atoms with van der Waals surface area (Å²) in [4.78, 5) is 20.2. The van der Waals surface area contributed by atoms with Crippen LogP contribution >= 0.6 is 0 Å². The Hall–Kier alpha value is -3.32. The molecule has 0 aliphatic rings. The Morgan fingerprint density at radius 3 is 2.45 bits per heavy atom. The van der Waals surface area contributed by atoms with E-state index in [1.165, 1.54) is 5.56 Å². The normalized spacial score (nSPS) is 11.3. The smallest absolute Gasteiger partial charge is 0.229 e. The van der Waals surface area contributed by atoms with Crippen molar-refractivity contribution in [3.63, 3.8) is 0 Å². The minimum Gasteiger partial charge on any atom is -0.324 e. The second-order valence-corrected chi connectivity index (χ2v) is 7.19. The van der Waals surface area contributed by atoms with E-state index in [0.29, 0.717) is 5.95 Å². The van der Waals surface area contributed by atoms with E-state index >= 15 is 0 Å². The fraction of sp³-hybridized carbons (Fsp3) is 0.273.